The van der Waals surface area contributed by atoms with Gasteiger partial charge in [-0.15, -0.1) is 11.6 Å². The fraction of sp³-hybridized carbons (Fsp3) is 0.417. The van der Waals surface area contributed by atoms with E-state index in [9.17, 15) is 4.79 Å². The van der Waals surface area contributed by atoms with Crippen molar-refractivity contribution >= 4 is 28.7 Å². The first-order chi connectivity index (χ1) is 8.60. The van der Waals surface area contributed by atoms with Crippen molar-refractivity contribution in [1.29, 1.82) is 0 Å². The van der Waals surface area contributed by atoms with E-state index in [4.69, 9.17) is 11.6 Å². The van der Waals surface area contributed by atoms with Crippen molar-refractivity contribution in [1.82, 2.24) is 19.9 Å². The summed E-state index contributed by atoms with van der Waals surface area (Å²) in [5.74, 6) is 0.811. The molecule has 0 bridgehead atoms. The summed E-state index contributed by atoms with van der Waals surface area (Å²) in [6, 6.07) is 1.51. The third kappa shape index (κ3) is 1.95. The van der Waals surface area contributed by atoms with Crippen molar-refractivity contribution in [3.05, 3.63) is 23.7 Å². The second-order valence-corrected chi connectivity index (χ2v) is 4.39. The van der Waals surface area contributed by atoms with E-state index in [1.807, 2.05) is 13.0 Å². The van der Waals surface area contributed by atoms with E-state index in [0.717, 1.165) is 11.1 Å². The number of amides is 1. The Hall–Kier alpha value is -1.62. The van der Waals surface area contributed by atoms with Crippen LogP contribution in [0.25, 0.3) is 11.2 Å². The number of nitrogens with one attached hydrogen (secondary N) is 1. The molecule has 2 aromatic rings. The summed E-state index contributed by atoms with van der Waals surface area (Å²) in [6.45, 7) is 3.77. The highest BCUT2D eigenvalue weighted by Gasteiger charge is 2.21. The Kier molecular flexibility index (Phi) is 3.52. The van der Waals surface area contributed by atoms with E-state index in [-0.39, 0.29) is 17.8 Å². The largest absolute Gasteiger partial charge is 0.357 e. The number of nitrogens with zero attached hydrogens (tertiary/aromatic N) is 3. The van der Waals surface area contributed by atoms with Crippen LogP contribution >= 0.6 is 11.6 Å². The zero-order valence-electron chi connectivity index (χ0n) is 10.6. The van der Waals surface area contributed by atoms with Gasteiger partial charge in [0.15, 0.2) is 5.65 Å². The van der Waals surface area contributed by atoms with Crippen LogP contribution < -0.4 is 5.32 Å². The molecule has 2 rings (SSSR count). The zero-order valence-corrected chi connectivity index (χ0v) is 11.3. The maximum Gasteiger partial charge on any atom is 0.242 e. The third-order valence-corrected chi connectivity index (χ3v) is 3.23. The lowest BCUT2D eigenvalue weighted by Crippen LogP contribution is -2.28. The summed E-state index contributed by atoms with van der Waals surface area (Å²) < 4.78 is 1.79. The fourth-order valence-electron chi connectivity index (χ4n) is 1.98. The van der Waals surface area contributed by atoms with Gasteiger partial charge >= 0.3 is 0 Å². The Bertz CT molecular complexity index is 593. The van der Waals surface area contributed by atoms with Crippen LogP contribution in [0.15, 0.2) is 12.3 Å². The molecule has 18 heavy (non-hydrogen) atoms. The lowest BCUT2D eigenvalue weighted by molar-refractivity contribution is -0.123. The van der Waals surface area contributed by atoms with E-state index in [2.05, 4.69) is 15.3 Å². The molecule has 0 aliphatic rings. The fourth-order valence-corrected chi connectivity index (χ4v) is 2.17. The van der Waals surface area contributed by atoms with Crippen molar-refractivity contribution in [3.63, 3.8) is 0 Å². The molecule has 1 amide bonds. The van der Waals surface area contributed by atoms with Crippen molar-refractivity contribution in [2.75, 3.05) is 7.05 Å². The average molecular weight is 267 g/mol. The molecule has 2 heterocycles. The van der Waals surface area contributed by atoms with Crippen molar-refractivity contribution in [2.24, 2.45) is 0 Å². The number of aromatic nitrogens is 3. The maximum absolute atomic E-state index is 11.8. The van der Waals surface area contributed by atoms with Crippen molar-refractivity contribution in [2.45, 2.75) is 25.8 Å². The summed E-state index contributed by atoms with van der Waals surface area (Å²) >= 11 is 5.91. The number of imidazole rings is 1. The molecular weight excluding hydrogens is 252 g/mol. The Labute approximate surface area is 110 Å². The summed E-state index contributed by atoms with van der Waals surface area (Å²) in [5.41, 5.74) is 2.51. The molecule has 1 N–H and O–H groups in total. The van der Waals surface area contributed by atoms with Gasteiger partial charge in [-0.3, -0.25) is 9.36 Å². The predicted octanol–water partition coefficient (Wildman–Crippen LogP) is 1.79. The van der Waals surface area contributed by atoms with E-state index < -0.39 is 0 Å². The van der Waals surface area contributed by atoms with Crippen molar-refractivity contribution in [3.8, 4) is 0 Å². The van der Waals surface area contributed by atoms with Crippen LogP contribution in [0.5, 0.6) is 0 Å². The molecule has 0 spiro atoms. The molecular formula is C12H15ClN4O. The second-order valence-electron chi connectivity index (χ2n) is 4.12. The number of halogens is 1. The number of alkyl halides is 1. The number of fused-ring (bicyclic) bond motifs is 1. The van der Waals surface area contributed by atoms with E-state index in [0.29, 0.717) is 11.5 Å². The summed E-state index contributed by atoms with van der Waals surface area (Å²) in [6.07, 6.45) is 1.71. The molecule has 5 nitrogen and oxygen atoms in total. The van der Waals surface area contributed by atoms with E-state index in [1.165, 1.54) is 0 Å². The number of pyridine rings is 1. The Morgan fingerprint density at radius 3 is 2.94 bits per heavy atom. The van der Waals surface area contributed by atoms with Gasteiger partial charge in [0.05, 0.1) is 5.88 Å². The molecule has 0 aliphatic heterocycles. The van der Waals surface area contributed by atoms with Crippen LogP contribution in [0.1, 0.15) is 24.4 Å². The Balaban J connectivity index is 2.68. The first-order valence-corrected chi connectivity index (χ1v) is 6.23. The monoisotopic (exact) mass is 266 g/mol. The number of carbonyl (C=O) groups is 1. The summed E-state index contributed by atoms with van der Waals surface area (Å²) in [7, 11) is 1.61. The smallest absolute Gasteiger partial charge is 0.242 e. The third-order valence-electron chi connectivity index (χ3n) is 2.99. The number of likely N-dealkylation sites (N-methyl/N-ethyl adjacent to an activating group) is 1. The molecule has 0 fully saturated rings. The number of rotatable bonds is 3. The SMILES string of the molecule is CNC(=O)C(C)n1c(CCl)nc2c(C)ccnc21. The van der Waals surface area contributed by atoms with Gasteiger partial charge < -0.3 is 5.32 Å². The molecule has 0 saturated carbocycles. The summed E-state index contributed by atoms with van der Waals surface area (Å²) in [5, 5.41) is 2.63. The van der Waals surface area contributed by atoms with Gasteiger partial charge in [0, 0.05) is 13.2 Å². The molecule has 0 radical (unpaired) electrons. The molecule has 0 saturated heterocycles. The number of aryl methyl sites for hydroxylation is 1. The molecule has 0 aromatic carbocycles. The molecule has 96 valence electrons. The molecule has 1 atom stereocenters. The first-order valence-electron chi connectivity index (χ1n) is 5.70. The average Bonchev–Trinajstić information content (AvgIpc) is 2.76. The molecule has 1 unspecified atom stereocenters. The van der Waals surface area contributed by atoms with Gasteiger partial charge in [0.2, 0.25) is 5.91 Å². The highest BCUT2D eigenvalue weighted by atomic mass is 35.5. The van der Waals surface area contributed by atoms with Gasteiger partial charge in [-0.2, -0.15) is 0 Å². The van der Waals surface area contributed by atoms with Crippen LogP contribution in [-0.4, -0.2) is 27.5 Å². The van der Waals surface area contributed by atoms with Gasteiger partial charge in [0.25, 0.3) is 0 Å². The molecule has 0 aliphatic carbocycles. The first kappa shape index (κ1) is 12.8. The van der Waals surface area contributed by atoms with E-state index in [1.54, 1.807) is 24.7 Å². The van der Waals surface area contributed by atoms with Gasteiger partial charge in [-0.25, -0.2) is 9.97 Å². The highest BCUT2D eigenvalue weighted by molar-refractivity contribution is 6.16. The van der Waals surface area contributed by atoms with Crippen LogP contribution in [0.3, 0.4) is 0 Å². The Morgan fingerprint density at radius 2 is 2.33 bits per heavy atom. The Morgan fingerprint density at radius 1 is 1.61 bits per heavy atom. The quantitative estimate of drug-likeness (QED) is 0.862. The van der Waals surface area contributed by atoms with E-state index >= 15 is 0 Å². The second kappa shape index (κ2) is 4.94. The normalized spacial score (nSPS) is 12.7. The number of hydrogen-bond donors (Lipinski definition) is 1. The minimum absolute atomic E-state index is 0.0935. The highest BCUT2D eigenvalue weighted by Crippen LogP contribution is 2.22. The maximum atomic E-state index is 11.8. The predicted molar refractivity (Wildman–Crippen MR) is 70.6 cm³/mol. The van der Waals surface area contributed by atoms with Gasteiger partial charge in [0.1, 0.15) is 17.4 Å². The minimum atomic E-state index is -0.386. The lowest BCUT2D eigenvalue weighted by Gasteiger charge is -2.14. The number of carbonyl (C=O) groups excluding carboxylic acids is 1. The topological polar surface area (TPSA) is 59.8 Å². The molecule has 6 heteroatoms. The van der Waals surface area contributed by atoms with Gasteiger partial charge in [-0.05, 0) is 25.5 Å². The van der Waals surface area contributed by atoms with Crippen LogP contribution in [0.4, 0.5) is 0 Å². The van der Waals surface area contributed by atoms with Gasteiger partial charge in [-0.1, -0.05) is 0 Å². The van der Waals surface area contributed by atoms with Crippen LogP contribution in [-0.2, 0) is 10.7 Å². The standard InChI is InChI=1S/C12H15ClN4O/c1-7-4-5-15-11-10(7)16-9(6-13)17(11)8(2)12(18)14-3/h4-5,8H,6H2,1-3H3,(H,14,18). The minimum Gasteiger partial charge on any atom is -0.357 e. The van der Waals surface area contributed by atoms with Crippen molar-refractivity contribution < 1.29 is 4.79 Å². The lowest BCUT2D eigenvalue weighted by atomic mass is 10.2. The van der Waals surface area contributed by atoms with Crippen LogP contribution in [0, 0.1) is 6.92 Å². The summed E-state index contributed by atoms with van der Waals surface area (Å²) in [4.78, 5) is 20.5. The van der Waals surface area contributed by atoms with Crippen LogP contribution in [0.2, 0.25) is 0 Å². The zero-order chi connectivity index (χ0) is 13.3. The molecule has 2 aromatic heterocycles. The number of hydrogen-bond acceptors (Lipinski definition) is 3.